The molecule has 0 atom stereocenters. The maximum absolute atomic E-state index is 12.3. The van der Waals surface area contributed by atoms with Crippen molar-refractivity contribution in [3.63, 3.8) is 0 Å². The lowest BCUT2D eigenvalue weighted by Gasteiger charge is -2.36. The Labute approximate surface area is 184 Å². The van der Waals surface area contributed by atoms with E-state index in [0.717, 1.165) is 38.4 Å². The van der Waals surface area contributed by atoms with Crippen molar-refractivity contribution in [2.24, 2.45) is 0 Å². The summed E-state index contributed by atoms with van der Waals surface area (Å²) in [7, 11) is 0. The maximum atomic E-state index is 12.3. The Morgan fingerprint density at radius 3 is 2.26 bits per heavy atom. The predicted molar refractivity (Wildman–Crippen MR) is 124 cm³/mol. The molecule has 3 rings (SSSR count). The van der Waals surface area contributed by atoms with E-state index in [1.165, 1.54) is 11.3 Å². The van der Waals surface area contributed by atoms with Crippen molar-refractivity contribution in [3.05, 3.63) is 60.2 Å². The summed E-state index contributed by atoms with van der Waals surface area (Å²) < 4.78 is 0. The lowest BCUT2D eigenvalue weighted by atomic mass is 10.2. The SMILES string of the molecule is O=C(CN(CCO)CCCO)Nc1ccc(N2CCN(Cc3ccccc3)CC2)cc1. The monoisotopic (exact) mass is 426 g/mol. The largest absolute Gasteiger partial charge is 0.396 e. The zero-order chi connectivity index (χ0) is 21.9. The summed E-state index contributed by atoms with van der Waals surface area (Å²) in [5.74, 6) is -0.117. The van der Waals surface area contributed by atoms with Gasteiger partial charge in [0.2, 0.25) is 5.91 Å². The molecule has 168 valence electrons. The minimum Gasteiger partial charge on any atom is -0.396 e. The van der Waals surface area contributed by atoms with Crippen LogP contribution in [0, 0.1) is 0 Å². The average molecular weight is 427 g/mol. The smallest absolute Gasteiger partial charge is 0.238 e. The average Bonchev–Trinajstić information content (AvgIpc) is 2.79. The molecule has 0 aliphatic carbocycles. The zero-order valence-corrected chi connectivity index (χ0v) is 18.1. The Hall–Kier alpha value is -2.45. The Kier molecular flexibility index (Phi) is 9.30. The van der Waals surface area contributed by atoms with Gasteiger partial charge in [0.05, 0.1) is 13.2 Å². The molecule has 0 bridgehead atoms. The number of amides is 1. The van der Waals surface area contributed by atoms with Gasteiger partial charge in [0.25, 0.3) is 0 Å². The van der Waals surface area contributed by atoms with Gasteiger partial charge < -0.3 is 20.4 Å². The molecule has 0 unspecified atom stereocenters. The van der Waals surface area contributed by atoms with Crippen LogP contribution in [-0.4, -0.2) is 84.9 Å². The van der Waals surface area contributed by atoms with Crippen molar-refractivity contribution >= 4 is 17.3 Å². The fourth-order valence-corrected chi connectivity index (χ4v) is 3.87. The van der Waals surface area contributed by atoms with Crippen LogP contribution < -0.4 is 10.2 Å². The second kappa shape index (κ2) is 12.4. The highest BCUT2D eigenvalue weighted by Crippen LogP contribution is 2.20. The van der Waals surface area contributed by atoms with E-state index in [1.807, 2.05) is 17.0 Å². The van der Waals surface area contributed by atoms with Crippen LogP contribution in [0.1, 0.15) is 12.0 Å². The molecule has 0 aromatic heterocycles. The number of aliphatic hydroxyl groups is 2. The Morgan fingerprint density at radius 1 is 0.903 bits per heavy atom. The first-order chi connectivity index (χ1) is 15.2. The van der Waals surface area contributed by atoms with Gasteiger partial charge in [0.15, 0.2) is 0 Å². The van der Waals surface area contributed by atoms with Gasteiger partial charge in [0, 0.05) is 63.8 Å². The molecular weight excluding hydrogens is 392 g/mol. The third kappa shape index (κ3) is 7.63. The van der Waals surface area contributed by atoms with Gasteiger partial charge in [-0.25, -0.2) is 0 Å². The summed E-state index contributed by atoms with van der Waals surface area (Å²) in [5, 5.41) is 21.0. The molecule has 0 spiro atoms. The van der Waals surface area contributed by atoms with E-state index >= 15 is 0 Å². The third-order valence-corrected chi connectivity index (χ3v) is 5.55. The van der Waals surface area contributed by atoms with E-state index < -0.39 is 0 Å². The van der Waals surface area contributed by atoms with Gasteiger partial charge in [-0.1, -0.05) is 30.3 Å². The second-order valence-corrected chi connectivity index (χ2v) is 7.92. The summed E-state index contributed by atoms with van der Waals surface area (Å²) in [6.07, 6.45) is 0.584. The van der Waals surface area contributed by atoms with Gasteiger partial charge in [0.1, 0.15) is 0 Å². The van der Waals surface area contributed by atoms with Crippen molar-refractivity contribution in [1.82, 2.24) is 9.80 Å². The fraction of sp³-hybridized carbons (Fsp3) is 0.458. The van der Waals surface area contributed by atoms with Gasteiger partial charge in [-0.05, 0) is 36.2 Å². The number of hydrogen-bond donors (Lipinski definition) is 3. The van der Waals surface area contributed by atoms with Crippen molar-refractivity contribution < 1.29 is 15.0 Å². The van der Waals surface area contributed by atoms with Gasteiger partial charge in [-0.2, -0.15) is 0 Å². The highest BCUT2D eigenvalue weighted by atomic mass is 16.3. The normalized spacial score (nSPS) is 14.7. The van der Waals surface area contributed by atoms with Crippen molar-refractivity contribution in [2.45, 2.75) is 13.0 Å². The molecule has 1 amide bonds. The summed E-state index contributed by atoms with van der Waals surface area (Å²) in [4.78, 5) is 19.0. The summed E-state index contributed by atoms with van der Waals surface area (Å²) in [5.41, 5.74) is 3.29. The predicted octanol–water partition coefficient (Wildman–Crippen LogP) is 1.62. The molecule has 3 N–H and O–H groups in total. The molecule has 1 aliphatic heterocycles. The van der Waals surface area contributed by atoms with Crippen molar-refractivity contribution in [3.8, 4) is 0 Å². The number of carbonyl (C=O) groups is 1. The molecule has 0 radical (unpaired) electrons. The Balaban J connectivity index is 1.45. The number of anilines is 2. The van der Waals surface area contributed by atoms with E-state index in [0.29, 0.717) is 19.5 Å². The van der Waals surface area contributed by atoms with Gasteiger partial charge in [-0.15, -0.1) is 0 Å². The van der Waals surface area contributed by atoms with E-state index in [-0.39, 0.29) is 25.7 Å². The number of nitrogens with one attached hydrogen (secondary N) is 1. The van der Waals surface area contributed by atoms with Crippen molar-refractivity contribution in [2.75, 3.05) is 69.2 Å². The molecule has 1 fully saturated rings. The van der Waals surface area contributed by atoms with E-state index in [4.69, 9.17) is 10.2 Å². The first-order valence-corrected chi connectivity index (χ1v) is 11.0. The van der Waals surface area contributed by atoms with E-state index in [9.17, 15) is 4.79 Å². The molecule has 1 heterocycles. The molecule has 7 nitrogen and oxygen atoms in total. The molecular formula is C24H34N4O3. The van der Waals surface area contributed by atoms with Crippen LogP contribution in [0.3, 0.4) is 0 Å². The lowest BCUT2D eigenvalue weighted by Crippen LogP contribution is -2.45. The zero-order valence-electron chi connectivity index (χ0n) is 18.1. The van der Waals surface area contributed by atoms with Crippen LogP contribution in [0.25, 0.3) is 0 Å². The maximum Gasteiger partial charge on any atom is 0.238 e. The van der Waals surface area contributed by atoms with Crippen LogP contribution in [0.2, 0.25) is 0 Å². The van der Waals surface area contributed by atoms with Gasteiger partial charge >= 0.3 is 0 Å². The summed E-state index contributed by atoms with van der Waals surface area (Å²) in [6, 6.07) is 18.6. The minimum atomic E-state index is -0.117. The van der Waals surface area contributed by atoms with Gasteiger partial charge in [-0.3, -0.25) is 14.6 Å². The second-order valence-electron chi connectivity index (χ2n) is 7.92. The van der Waals surface area contributed by atoms with Crippen molar-refractivity contribution in [1.29, 1.82) is 0 Å². The molecule has 2 aromatic rings. The fourth-order valence-electron chi connectivity index (χ4n) is 3.87. The first-order valence-electron chi connectivity index (χ1n) is 11.0. The van der Waals surface area contributed by atoms with Crippen LogP contribution in [0.5, 0.6) is 0 Å². The van der Waals surface area contributed by atoms with E-state index in [1.54, 1.807) is 0 Å². The number of benzene rings is 2. The summed E-state index contributed by atoms with van der Waals surface area (Å²) in [6.45, 7) is 6.29. The number of piperazine rings is 1. The standard InChI is InChI=1S/C24H34N4O3/c29-17-4-11-26(16-18-30)20-24(31)25-22-7-9-23(10-8-22)28-14-12-27(13-15-28)19-21-5-2-1-3-6-21/h1-3,5-10,29-30H,4,11-20H2,(H,25,31). The van der Waals surface area contributed by atoms with Crippen LogP contribution in [0.15, 0.2) is 54.6 Å². The number of hydrogen-bond acceptors (Lipinski definition) is 6. The highest BCUT2D eigenvalue weighted by molar-refractivity contribution is 5.92. The number of aliphatic hydroxyl groups excluding tert-OH is 2. The quantitative estimate of drug-likeness (QED) is 0.507. The van der Waals surface area contributed by atoms with Crippen LogP contribution in [0.4, 0.5) is 11.4 Å². The van der Waals surface area contributed by atoms with E-state index in [2.05, 4.69) is 57.6 Å². The summed E-state index contributed by atoms with van der Waals surface area (Å²) >= 11 is 0. The number of nitrogens with zero attached hydrogens (tertiary/aromatic N) is 3. The number of rotatable bonds is 11. The van der Waals surface area contributed by atoms with Crippen LogP contribution in [-0.2, 0) is 11.3 Å². The van der Waals surface area contributed by atoms with Crippen LogP contribution >= 0.6 is 0 Å². The lowest BCUT2D eigenvalue weighted by molar-refractivity contribution is -0.117. The molecule has 7 heteroatoms. The Bertz CT molecular complexity index is 777. The highest BCUT2D eigenvalue weighted by Gasteiger charge is 2.17. The molecule has 0 saturated carbocycles. The molecule has 1 saturated heterocycles. The molecule has 31 heavy (non-hydrogen) atoms. The topological polar surface area (TPSA) is 79.3 Å². The third-order valence-electron chi connectivity index (χ3n) is 5.55. The molecule has 2 aromatic carbocycles. The minimum absolute atomic E-state index is 0.00792. The Morgan fingerprint density at radius 2 is 1.61 bits per heavy atom. The first kappa shape index (κ1) is 23.2. The number of carbonyl (C=O) groups excluding carboxylic acids is 1. The molecule has 1 aliphatic rings.